The van der Waals surface area contributed by atoms with Crippen LogP contribution in [0.5, 0.6) is 0 Å². The first kappa shape index (κ1) is 10.7. The molecule has 1 aromatic rings. The molecule has 0 saturated heterocycles. The molecule has 1 heterocycles. The third-order valence-corrected chi connectivity index (χ3v) is 2.17. The zero-order chi connectivity index (χ0) is 10.7. The van der Waals surface area contributed by atoms with Crippen LogP contribution < -0.4 is 11.1 Å². The van der Waals surface area contributed by atoms with Crippen LogP contribution >= 0.6 is 0 Å². The first-order valence-corrected chi connectivity index (χ1v) is 4.56. The molecule has 5 heteroatoms. The number of amides is 1. The van der Waals surface area contributed by atoms with Crippen LogP contribution in [-0.4, -0.2) is 21.7 Å². The van der Waals surface area contributed by atoms with Crippen LogP contribution in [-0.2, 0) is 11.8 Å². The van der Waals surface area contributed by atoms with E-state index in [2.05, 4.69) is 10.4 Å². The zero-order valence-electron chi connectivity index (χ0n) is 8.69. The Hall–Kier alpha value is -1.36. The number of carbonyl (C=O) groups is 1. The minimum atomic E-state index is -0.199. The number of carbonyl (C=O) groups excluding carboxylic acids is 1. The predicted octanol–water partition coefficient (Wildman–Crippen LogP) is 0.342. The molecule has 78 valence electrons. The summed E-state index contributed by atoms with van der Waals surface area (Å²) in [6.07, 6.45) is 3.34. The summed E-state index contributed by atoms with van der Waals surface area (Å²) in [4.78, 5) is 11.5. The number of rotatable bonds is 3. The molecule has 0 spiro atoms. The predicted molar refractivity (Wildman–Crippen MR) is 54.7 cm³/mol. The third-order valence-electron chi connectivity index (χ3n) is 2.17. The van der Waals surface area contributed by atoms with Gasteiger partial charge in [-0.25, -0.2) is 0 Å². The lowest BCUT2D eigenvalue weighted by Crippen LogP contribution is -2.34. The molecule has 14 heavy (non-hydrogen) atoms. The lowest BCUT2D eigenvalue weighted by molar-refractivity contribution is -0.119. The summed E-state index contributed by atoms with van der Waals surface area (Å²) in [6, 6.07) is -0.147. The second-order valence-electron chi connectivity index (χ2n) is 3.54. The average Bonchev–Trinajstić information content (AvgIpc) is 2.49. The first-order chi connectivity index (χ1) is 6.50. The summed E-state index contributed by atoms with van der Waals surface area (Å²) >= 11 is 0. The van der Waals surface area contributed by atoms with E-state index in [9.17, 15) is 4.79 Å². The molecule has 1 amide bonds. The highest BCUT2D eigenvalue weighted by atomic mass is 16.1. The molecule has 5 nitrogen and oxygen atoms in total. The van der Waals surface area contributed by atoms with Gasteiger partial charge in [0.2, 0.25) is 5.91 Å². The van der Waals surface area contributed by atoms with Gasteiger partial charge in [-0.3, -0.25) is 9.48 Å². The number of nitrogens with two attached hydrogens (primary N) is 1. The fraction of sp³-hybridized carbons (Fsp3) is 0.556. The molecule has 2 unspecified atom stereocenters. The molecule has 0 aliphatic carbocycles. The van der Waals surface area contributed by atoms with Gasteiger partial charge in [-0.15, -0.1) is 0 Å². The summed E-state index contributed by atoms with van der Waals surface area (Å²) in [5.41, 5.74) is 6.31. The van der Waals surface area contributed by atoms with E-state index in [1.54, 1.807) is 31.0 Å². The molecule has 3 N–H and O–H groups in total. The van der Waals surface area contributed by atoms with Gasteiger partial charge in [-0.2, -0.15) is 5.10 Å². The van der Waals surface area contributed by atoms with Crippen molar-refractivity contribution in [1.29, 1.82) is 0 Å². The maximum atomic E-state index is 11.5. The fourth-order valence-corrected chi connectivity index (χ4v) is 0.981. The van der Waals surface area contributed by atoms with Crippen LogP contribution in [0.3, 0.4) is 0 Å². The van der Waals surface area contributed by atoms with Gasteiger partial charge in [0.05, 0.1) is 17.8 Å². The standard InChI is InChI=1S/C9H16N4O/c1-6(7(2)10)9(14)12-8-4-11-13(3)5-8/h4-7H,10H2,1-3H3,(H,12,14). The molecule has 0 bridgehead atoms. The summed E-state index contributed by atoms with van der Waals surface area (Å²) in [7, 11) is 1.80. The number of hydrogen-bond donors (Lipinski definition) is 2. The number of nitrogens with zero attached hydrogens (tertiary/aromatic N) is 2. The summed E-state index contributed by atoms with van der Waals surface area (Å²) < 4.78 is 1.63. The van der Waals surface area contributed by atoms with Gasteiger partial charge in [0.15, 0.2) is 0 Å². The van der Waals surface area contributed by atoms with Gasteiger partial charge < -0.3 is 11.1 Å². The SMILES string of the molecule is CC(N)C(C)C(=O)Nc1cnn(C)c1. The molecule has 0 fully saturated rings. The highest BCUT2D eigenvalue weighted by molar-refractivity contribution is 5.92. The largest absolute Gasteiger partial charge is 0.327 e. The summed E-state index contributed by atoms with van der Waals surface area (Å²) in [5.74, 6) is -0.275. The maximum absolute atomic E-state index is 11.5. The minimum absolute atomic E-state index is 0.0759. The number of aromatic nitrogens is 2. The number of hydrogen-bond acceptors (Lipinski definition) is 3. The third kappa shape index (κ3) is 2.56. The van der Waals surface area contributed by atoms with Crippen molar-refractivity contribution in [2.75, 3.05) is 5.32 Å². The van der Waals surface area contributed by atoms with Crippen LogP contribution in [0, 0.1) is 5.92 Å². The van der Waals surface area contributed by atoms with E-state index in [1.807, 2.05) is 6.92 Å². The topological polar surface area (TPSA) is 72.9 Å². The van der Waals surface area contributed by atoms with E-state index in [-0.39, 0.29) is 17.9 Å². The normalized spacial score (nSPS) is 14.9. The van der Waals surface area contributed by atoms with Crippen LogP contribution in [0.25, 0.3) is 0 Å². The Kier molecular flexibility index (Phi) is 3.24. The molecule has 2 atom stereocenters. The van der Waals surface area contributed by atoms with E-state index in [4.69, 9.17) is 5.73 Å². The van der Waals surface area contributed by atoms with Crippen molar-refractivity contribution < 1.29 is 4.79 Å². The van der Waals surface area contributed by atoms with Crippen molar-refractivity contribution in [1.82, 2.24) is 9.78 Å². The molecule has 0 aromatic carbocycles. The van der Waals surface area contributed by atoms with Gasteiger partial charge in [-0.1, -0.05) is 6.92 Å². The van der Waals surface area contributed by atoms with Crippen molar-refractivity contribution in [3.05, 3.63) is 12.4 Å². The molecular formula is C9H16N4O. The van der Waals surface area contributed by atoms with E-state index < -0.39 is 0 Å². The Bertz CT molecular complexity index is 318. The average molecular weight is 196 g/mol. The smallest absolute Gasteiger partial charge is 0.228 e. The van der Waals surface area contributed by atoms with E-state index in [1.165, 1.54) is 0 Å². The Morgan fingerprint density at radius 1 is 1.64 bits per heavy atom. The molecule has 0 aliphatic rings. The molecule has 0 saturated carbocycles. The van der Waals surface area contributed by atoms with Crippen molar-refractivity contribution in [2.45, 2.75) is 19.9 Å². The highest BCUT2D eigenvalue weighted by Gasteiger charge is 2.17. The molecule has 1 aromatic heterocycles. The van der Waals surface area contributed by atoms with E-state index in [0.717, 1.165) is 0 Å². The van der Waals surface area contributed by atoms with Crippen LogP contribution in [0.4, 0.5) is 5.69 Å². The first-order valence-electron chi connectivity index (χ1n) is 4.56. The zero-order valence-corrected chi connectivity index (χ0v) is 8.69. The maximum Gasteiger partial charge on any atom is 0.228 e. The van der Waals surface area contributed by atoms with E-state index >= 15 is 0 Å². The Balaban J connectivity index is 2.57. The van der Waals surface area contributed by atoms with Crippen molar-refractivity contribution >= 4 is 11.6 Å². The monoisotopic (exact) mass is 196 g/mol. The van der Waals surface area contributed by atoms with Gasteiger partial charge in [0, 0.05) is 19.3 Å². The molecule has 0 aliphatic heterocycles. The lowest BCUT2D eigenvalue weighted by atomic mass is 10.0. The second-order valence-corrected chi connectivity index (χ2v) is 3.54. The van der Waals surface area contributed by atoms with Crippen LogP contribution in [0.2, 0.25) is 0 Å². The van der Waals surface area contributed by atoms with E-state index in [0.29, 0.717) is 5.69 Å². The summed E-state index contributed by atoms with van der Waals surface area (Å²) in [6.45, 7) is 3.61. The Morgan fingerprint density at radius 3 is 2.71 bits per heavy atom. The highest BCUT2D eigenvalue weighted by Crippen LogP contribution is 2.08. The van der Waals surface area contributed by atoms with Crippen LogP contribution in [0.1, 0.15) is 13.8 Å². The van der Waals surface area contributed by atoms with Crippen molar-refractivity contribution in [3.8, 4) is 0 Å². The Labute approximate surface area is 83.3 Å². The van der Waals surface area contributed by atoms with Gasteiger partial charge in [0.1, 0.15) is 0 Å². The second kappa shape index (κ2) is 4.23. The van der Waals surface area contributed by atoms with Gasteiger partial charge in [0.25, 0.3) is 0 Å². The number of nitrogens with one attached hydrogen (secondary N) is 1. The molecule has 0 radical (unpaired) electrons. The van der Waals surface area contributed by atoms with Crippen LogP contribution in [0.15, 0.2) is 12.4 Å². The quantitative estimate of drug-likeness (QED) is 0.732. The fourth-order valence-electron chi connectivity index (χ4n) is 0.981. The molecular weight excluding hydrogens is 180 g/mol. The molecule has 1 rings (SSSR count). The summed E-state index contributed by atoms with van der Waals surface area (Å²) in [5, 5.41) is 6.69. The van der Waals surface area contributed by atoms with Crippen molar-refractivity contribution in [3.63, 3.8) is 0 Å². The van der Waals surface area contributed by atoms with Gasteiger partial charge in [-0.05, 0) is 6.92 Å². The number of anilines is 1. The Morgan fingerprint density at radius 2 is 2.29 bits per heavy atom. The minimum Gasteiger partial charge on any atom is -0.327 e. The lowest BCUT2D eigenvalue weighted by Gasteiger charge is -2.14. The van der Waals surface area contributed by atoms with Crippen molar-refractivity contribution in [2.24, 2.45) is 18.7 Å². The van der Waals surface area contributed by atoms with Gasteiger partial charge >= 0.3 is 0 Å². The number of aryl methyl sites for hydroxylation is 1.